The van der Waals surface area contributed by atoms with E-state index in [4.69, 9.17) is 0 Å². The number of thiazole rings is 1. The molecule has 1 aliphatic carbocycles. The fourth-order valence-corrected chi connectivity index (χ4v) is 2.66. The van der Waals surface area contributed by atoms with Gasteiger partial charge < -0.3 is 5.32 Å². The monoisotopic (exact) mass is 224 g/mol. The largest absolute Gasteiger partial charge is 0.302 e. The smallest absolute Gasteiger partial charge is 0.223 e. The van der Waals surface area contributed by atoms with E-state index in [1.165, 1.54) is 18.3 Å². The minimum atomic E-state index is -0.147. The maximum Gasteiger partial charge on any atom is 0.223 e. The van der Waals surface area contributed by atoms with Crippen LogP contribution in [0.15, 0.2) is 0 Å². The van der Waals surface area contributed by atoms with E-state index in [-0.39, 0.29) is 11.7 Å². The van der Waals surface area contributed by atoms with Crippen LogP contribution >= 0.6 is 11.3 Å². The molecular formula is C10H12N2O2S. The zero-order valence-corrected chi connectivity index (χ0v) is 9.32. The first-order valence-corrected chi connectivity index (χ1v) is 5.79. The quantitative estimate of drug-likeness (QED) is 0.742. The van der Waals surface area contributed by atoms with Crippen LogP contribution in [0.5, 0.6) is 0 Å². The molecule has 0 aromatic carbocycles. The van der Waals surface area contributed by atoms with Gasteiger partial charge in [-0.15, -0.1) is 0 Å². The van der Waals surface area contributed by atoms with Crippen LogP contribution < -0.4 is 5.32 Å². The first-order chi connectivity index (χ1) is 7.16. The molecule has 0 atom stereocenters. The molecule has 0 bridgehead atoms. The van der Waals surface area contributed by atoms with Gasteiger partial charge in [0.15, 0.2) is 10.9 Å². The number of ketones is 1. The van der Waals surface area contributed by atoms with Crippen LogP contribution in [0.3, 0.4) is 0 Å². The molecule has 15 heavy (non-hydrogen) atoms. The molecule has 4 nitrogen and oxygen atoms in total. The molecule has 2 rings (SSSR count). The summed E-state index contributed by atoms with van der Waals surface area (Å²) >= 11 is 1.29. The van der Waals surface area contributed by atoms with Gasteiger partial charge in [0, 0.05) is 13.3 Å². The lowest BCUT2D eigenvalue weighted by molar-refractivity contribution is -0.114. The molecule has 1 N–H and O–H groups in total. The number of hydrogen-bond acceptors (Lipinski definition) is 4. The molecule has 5 heteroatoms. The Balaban J connectivity index is 2.29. The van der Waals surface area contributed by atoms with Crippen molar-refractivity contribution in [3.05, 3.63) is 10.6 Å². The fraction of sp³-hybridized carbons (Fsp3) is 0.500. The van der Waals surface area contributed by atoms with Gasteiger partial charge in [-0.25, -0.2) is 4.98 Å². The predicted octanol–water partition coefficient (Wildman–Crippen LogP) is 2.01. The summed E-state index contributed by atoms with van der Waals surface area (Å²) in [6, 6.07) is 0. The lowest BCUT2D eigenvalue weighted by Gasteiger charge is -1.94. The molecule has 0 saturated carbocycles. The summed E-state index contributed by atoms with van der Waals surface area (Å²) in [5.74, 6) is 0.0166. The highest BCUT2D eigenvalue weighted by molar-refractivity contribution is 7.17. The summed E-state index contributed by atoms with van der Waals surface area (Å²) in [7, 11) is 0. The van der Waals surface area contributed by atoms with Crippen molar-refractivity contribution >= 4 is 28.2 Å². The summed E-state index contributed by atoms with van der Waals surface area (Å²) < 4.78 is 0. The van der Waals surface area contributed by atoms with Crippen LogP contribution in [-0.2, 0) is 11.2 Å². The maximum absolute atomic E-state index is 11.7. The Hall–Kier alpha value is -1.23. The molecule has 0 radical (unpaired) electrons. The van der Waals surface area contributed by atoms with Crippen molar-refractivity contribution in [1.82, 2.24) is 4.98 Å². The number of Topliss-reactive ketones (excluding diaryl/α,β-unsaturated/α-hetero) is 1. The molecule has 1 aromatic rings. The third-order valence-electron chi connectivity index (χ3n) is 2.30. The number of nitrogens with zero attached hydrogens (tertiary/aromatic N) is 1. The summed E-state index contributed by atoms with van der Waals surface area (Å²) in [6.45, 7) is 1.44. The zero-order valence-electron chi connectivity index (χ0n) is 8.50. The van der Waals surface area contributed by atoms with Crippen molar-refractivity contribution in [1.29, 1.82) is 0 Å². The van der Waals surface area contributed by atoms with Crippen molar-refractivity contribution in [2.75, 3.05) is 5.32 Å². The van der Waals surface area contributed by atoms with Crippen molar-refractivity contribution in [2.45, 2.75) is 32.6 Å². The van der Waals surface area contributed by atoms with E-state index in [9.17, 15) is 9.59 Å². The minimum absolute atomic E-state index is 0.147. The van der Waals surface area contributed by atoms with Crippen LogP contribution in [0.2, 0.25) is 0 Å². The zero-order chi connectivity index (χ0) is 10.8. The van der Waals surface area contributed by atoms with Gasteiger partial charge in [-0.2, -0.15) is 0 Å². The Labute approximate surface area is 91.7 Å². The average Bonchev–Trinajstić information content (AvgIpc) is 2.47. The highest BCUT2D eigenvalue weighted by Crippen LogP contribution is 2.28. The van der Waals surface area contributed by atoms with Crippen LogP contribution in [0.1, 0.15) is 41.6 Å². The summed E-state index contributed by atoms with van der Waals surface area (Å²) in [4.78, 5) is 27.5. The first-order valence-electron chi connectivity index (χ1n) is 4.97. The number of carbonyl (C=O) groups excluding carboxylic acids is 2. The van der Waals surface area contributed by atoms with E-state index in [0.29, 0.717) is 11.6 Å². The SMILES string of the molecule is CC(=O)Nc1nc2c(s1)C(=O)CCCC2. The number of aromatic nitrogens is 1. The van der Waals surface area contributed by atoms with Gasteiger partial charge >= 0.3 is 0 Å². The molecule has 1 aromatic heterocycles. The minimum Gasteiger partial charge on any atom is -0.302 e. The van der Waals surface area contributed by atoms with E-state index in [0.717, 1.165) is 29.8 Å². The van der Waals surface area contributed by atoms with E-state index < -0.39 is 0 Å². The van der Waals surface area contributed by atoms with E-state index >= 15 is 0 Å². The Morgan fingerprint density at radius 1 is 1.40 bits per heavy atom. The van der Waals surface area contributed by atoms with E-state index in [1.807, 2.05) is 0 Å². The third kappa shape index (κ3) is 2.23. The lowest BCUT2D eigenvalue weighted by atomic mass is 10.2. The highest BCUT2D eigenvalue weighted by Gasteiger charge is 2.20. The second-order valence-corrected chi connectivity index (χ2v) is 4.61. The topological polar surface area (TPSA) is 59.1 Å². The number of hydrogen-bond donors (Lipinski definition) is 1. The van der Waals surface area contributed by atoms with E-state index in [2.05, 4.69) is 10.3 Å². The van der Waals surface area contributed by atoms with Gasteiger partial charge in [-0.05, 0) is 19.3 Å². The second kappa shape index (κ2) is 4.10. The Morgan fingerprint density at radius 2 is 2.13 bits per heavy atom. The fourth-order valence-electron chi connectivity index (χ4n) is 1.63. The lowest BCUT2D eigenvalue weighted by Crippen LogP contribution is -2.05. The van der Waals surface area contributed by atoms with Gasteiger partial charge in [0.25, 0.3) is 0 Å². The molecule has 0 saturated heterocycles. The van der Waals surface area contributed by atoms with Crippen LogP contribution in [0.25, 0.3) is 0 Å². The van der Waals surface area contributed by atoms with Crippen LogP contribution in [-0.4, -0.2) is 16.7 Å². The van der Waals surface area contributed by atoms with Gasteiger partial charge in [-0.1, -0.05) is 11.3 Å². The van der Waals surface area contributed by atoms with Crippen molar-refractivity contribution < 1.29 is 9.59 Å². The van der Waals surface area contributed by atoms with Crippen LogP contribution in [0, 0.1) is 0 Å². The molecule has 0 unspecified atom stereocenters. The molecule has 0 aliphatic heterocycles. The Kier molecular flexibility index (Phi) is 2.81. The number of anilines is 1. The summed E-state index contributed by atoms with van der Waals surface area (Å²) in [5.41, 5.74) is 0.853. The number of aryl methyl sites for hydroxylation is 1. The molecular weight excluding hydrogens is 212 g/mol. The number of amides is 1. The first kappa shape index (κ1) is 10.3. The number of fused-ring (bicyclic) bond motifs is 1. The third-order valence-corrected chi connectivity index (χ3v) is 3.36. The van der Waals surface area contributed by atoms with Gasteiger partial charge in [0.2, 0.25) is 5.91 Å². The molecule has 1 heterocycles. The summed E-state index contributed by atoms with van der Waals surface area (Å²) in [5, 5.41) is 3.16. The molecule has 80 valence electrons. The second-order valence-electron chi connectivity index (χ2n) is 3.61. The molecule has 0 spiro atoms. The Morgan fingerprint density at radius 3 is 2.87 bits per heavy atom. The van der Waals surface area contributed by atoms with Crippen LogP contribution in [0.4, 0.5) is 5.13 Å². The maximum atomic E-state index is 11.7. The van der Waals surface area contributed by atoms with Gasteiger partial charge in [-0.3, -0.25) is 9.59 Å². The highest BCUT2D eigenvalue weighted by atomic mass is 32.1. The predicted molar refractivity (Wildman–Crippen MR) is 58.3 cm³/mol. The van der Waals surface area contributed by atoms with Crippen molar-refractivity contribution in [2.24, 2.45) is 0 Å². The molecule has 1 amide bonds. The van der Waals surface area contributed by atoms with E-state index in [1.54, 1.807) is 0 Å². The van der Waals surface area contributed by atoms with Crippen molar-refractivity contribution in [3.63, 3.8) is 0 Å². The number of carbonyl (C=O) groups is 2. The normalized spacial score (nSPS) is 15.7. The Bertz CT molecular complexity index is 412. The number of rotatable bonds is 1. The standard InChI is InChI=1S/C10H12N2O2S/c1-6(13)11-10-12-7-4-2-3-5-8(14)9(7)15-10/h2-5H2,1H3,(H,11,12,13). The molecule has 0 fully saturated rings. The number of nitrogens with one attached hydrogen (secondary N) is 1. The molecule has 1 aliphatic rings. The average molecular weight is 224 g/mol. The van der Waals surface area contributed by atoms with Gasteiger partial charge in [0.1, 0.15) is 0 Å². The van der Waals surface area contributed by atoms with Crippen molar-refractivity contribution in [3.8, 4) is 0 Å². The summed E-state index contributed by atoms with van der Waals surface area (Å²) in [6.07, 6.45) is 3.39. The van der Waals surface area contributed by atoms with Gasteiger partial charge in [0.05, 0.1) is 10.6 Å².